The zero-order chi connectivity index (χ0) is 3.41. The molecular weight excluding hydrogens is 131 g/mol. The minimum Gasteiger partial charge on any atom is -0.329 e. The predicted molar refractivity (Wildman–Crippen MR) is 18.1 cm³/mol. The van der Waals surface area contributed by atoms with Crippen molar-refractivity contribution in [1.29, 1.82) is 0 Å². The first-order valence-corrected chi connectivity index (χ1v) is 1.32. The van der Waals surface area contributed by atoms with Gasteiger partial charge in [-0.1, -0.05) is 0 Å². The van der Waals surface area contributed by atoms with Gasteiger partial charge in [0.2, 0.25) is 0 Å². The Morgan fingerprint density at radius 3 is 1.17 bits per heavy atom. The SMILES string of the molecule is NCCN.[Fe+3].[Na+]. The van der Waals surface area contributed by atoms with Gasteiger partial charge in [0.1, 0.15) is 0 Å². The van der Waals surface area contributed by atoms with Crippen LogP contribution >= 0.6 is 0 Å². The standard InChI is InChI=1S/C2H8N2.Fe.Na/c3-1-2-4;;/h1-4H2;;/q;+3;+1. The summed E-state index contributed by atoms with van der Waals surface area (Å²) < 4.78 is 0. The molecule has 0 saturated heterocycles. The van der Waals surface area contributed by atoms with Crippen LogP contribution in [0.15, 0.2) is 0 Å². The smallest absolute Gasteiger partial charge is 0.329 e. The summed E-state index contributed by atoms with van der Waals surface area (Å²) in [5, 5.41) is 0. The van der Waals surface area contributed by atoms with Crippen LogP contribution in [0.2, 0.25) is 0 Å². The number of hydrogen-bond donors (Lipinski definition) is 2. The van der Waals surface area contributed by atoms with Crippen molar-refractivity contribution in [3.05, 3.63) is 0 Å². The van der Waals surface area contributed by atoms with Gasteiger partial charge in [-0.05, 0) is 0 Å². The van der Waals surface area contributed by atoms with E-state index in [1.807, 2.05) is 0 Å². The van der Waals surface area contributed by atoms with Gasteiger partial charge in [0.25, 0.3) is 0 Å². The van der Waals surface area contributed by atoms with Gasteiger partial charge in [-0.3, -0.25) is 0 Å². The molecule has 0 rings (SSSR count). The second-order valence-corrected chi connectivity index (χ2v) is 0.577. The Kier molecular flexibility index (Phi) is 42.0. The van der Waals surface area contributed by atoms with Gasteiger partial charge in [0, 0.05) is 13.1 Å². The van der Waals surface area contributed by atoms with Crippen molar-refractivity contribution in [2.24, 2.45) is 11.5 Å². The molecule has 6 heavy (non-hydrogen) atoms. The minimum absolute atomic E-state index is 0. The van der Waals surface area contributed by atoms with Gasteiger partial charge >= 0.3 is 46.6 Å². The van der Waals surface area contributed by atoms with Crippen LogP contribution < -0.4 is 41.0 Å². The number of hydrogen-bond acceptors (Lipinski definition) is 2. The van der Waals surface area contributed by atoms with E-state index in [1.54, 1.807) is 0 Å². The van der Waals surface area contributed by atoms with Gasteiger partial charge in [-0.25, -0.2) is 0 Å². The third-order valence-corrected chi connectivity index (χ3v) is 0.167. The maximum atomic E-state index is 4.90. The van der Waals surface area contributed by atoms with Crippen LogP contribution in [0.1, 0.15) is 0 Å². The zero-order valence-electron chi connectivity index (χ0n) is 3.92. The molecule has 31 valence electrons. The van der Waals surface area contributed by atoms with E-state index in [9.17, 15) is 0 Å². The van der Waals surface area contributed by atoms with Crippen molar-refractivity contribution < 1.29 is 46.6 Å². The Labute approximate surface area is 70.8 Å². The van der Waals surface area contributed by atoms with E-state index in [4.69, 9.17) is 11.5 Å². The van der Waals surface area contributed by atoms with Crippen LogP contribution in [-0.2, 0) is 17.1 Å². The third kappa shape index (κ3) is 18.0. The summed E-state index contributed by atoms with van der Waals surface area (Å²) in [7, 11) is 0. The van der Waals surface area contributed by atoms with Crippen LogP contribution in [-0.4, -0.2) is 13.1 Å². The Bertz CT molecular complexity index is 13.5. The third-order valence-electron chi connectivity index (χ3n) is 0.167. The Morgan fingerprint density at radius 1 is 1.00 bits per heavy atom. The first-order valence-electron chi connectivity index (χ1n) is 1.32. The van der Waals surface area contributed by atoms with Gasteiger partial charge in [0.15, 0.2) is 0 Å². The molecule has 0 amide bonds. The fourth-order valence-electron chi connectivity index (χ4n) is 0. The van der Waals surface area contributed by atoms with E-state index >= 15 is 0 Å². The molecule has 0 saturated carbocycles. The fraction of sp³-hybridized carbons (Fsp3) is 1.00. The molecule has 4 N–H and O–H groups in total. The largest absolute Gasteiger partial charge is 3.00 e. The van der Waals surface area contributed by atoms with Crippen molar-refractivity contribution in [1.82, 2.24) is 0 Å². The Balaban J connectivity index is -0.0000000450. The summed E-state index contributed by atoms with van der Waals surface area (Å²) in [6, 6.07) is 0. The second kappa shape index (κ2) is 16.1. The summed E-state index contributed by atoms with van der Waals surface area (Å²) >= 11 is 0. The van der Waals surface area contributed by atoms with Gasteiger partial charge in [-0.15, -0.1) is 0 Å². The first kappa shape index (κ1) is 15.7. The second-order valence-electron chi connectivity index (χ2n) is 0.577. The van der Waals surface area contributed by atoms with Crippen LogP contribution in [0, 0.1) is 0 Å². The van der Waals surface area contributed by atoms with Crippen molar-refractivity contribution in [3.63, 3.8) is 0 Å². The molecule has 0 aromatic heterocycles. The molecule has 0 aromatic rings. The molecule has 0 unspecified atom stereocenters. The topological polar surface area (TPSA) is 52.0 Å². The van der Waals surface area contributed by atoms with Crippen LogP contribution in [0.3, 0.4) is 0 Å². The fourth-order valence-corrected chi connectivity index (χ4v) is 0. The van der Waals surface area contributed by atoms with E-state index in [0.29, 0.717) is 13.1 Å². The van der Waals surface area contributed by atoms with Crippen molar-refractivity contribution in [2.75, 3.05) is 13.1 Å². The monoisotopic (exact) mass is 139 g/mol. The first-order chi connectivity index (χ1) is 1.91. The molecular formula is C2H8FeN2Na+4. The molecule has 0 atom stereocenters. The molecule has 0 aliphatic heterocycles. The average Bonchev–Trinajstić information content (AvgIpc) is 1.37. The summed E-state index contributed by atoms with van der Waals surface area (Å²) in [4.78, 5) is 0. The molecule has 4 heteroatoms. The Morgan fingerprint density at radius 2 is 1.17 bits per heavy atom. The van der Waals surface area contributed by atoms with Crippen LogP contribution in [0.5, 0.6) is 0 Å². The number of nitrogens with two attached hydrogens (primary N) is 2. The maximum Gasteiger partial charge on any atom is 3.00 e. The molecule has 0 bridgehead atoms. The van der Waals surface area contributed by atoms with E-state index in [2.05, 4.69) is 0 Å². The quantitative estimate of drug-likeness (QED) is 0.363. The van der Waals surface area contributed by atoms with Crippen LogP contribution in [0.25, 0.3) is 0 Å². The average molecular weight is 139 g/mol. The van der Waals surface area contributed by atoms with E-state index in [0.717, 1.165) is 0 Å². The summed E-state index contributed by atoms with van der Waals surface area (Å²) in [6.45, 7) is 1.19. The van der Waals surface area contributed by atoms with Gasteiger partial charge in [-0.2, -0.15) is 0 Å². The van der Waals surface area contributed by atoms with E-state index in [1.165, 1.54) is 0 Å². The minimum atomic E-state index is 0. The zero-order valence-corrected chi connectivity index (χ0v) is 7.03. The molecule has 0 heterocycles. The molecule has 0 aromatic carbocycles. The van der Waals surface area contributed by atoms with E-state index in [-0.39, 0.29) is 46.6 Å². The van der Waals surface area contributed by atoms with Gasteiger partial charge < -0.3 is 11.5 Å². The van der Waals surface area contributed by atoms with Crippen molar-refractivity contribution in [2.45, 2.75) is 0 Å². The van der Waals surface area contributed by atoms with Crippen molar-refractivity contribution in [3.8, 4) is 0 Å². The van der Waals surface area contributed by atoms with Crippen LogP contribution in [0.4, 0.5) is 0 Å². The Hall–Kier alpha value is 1.44. The van der Waals surface area contributed by atoms with E-state index < -0.39 is 0 Å². The summed E-state index contributed by atoms with van der Waals surface area (Å²) in [5.74, 6) is 0. The molecule has 1 radical (unpaired) electrons. The summed E-state index contributed by atoms with van der Waals surface area (Å²) in [5.41, 5.74) is 9.81. The van der Waals surface area contributed by atoms with Crippen molar-refractivity contribution >= 4 is 0 Å². The molecule has 0 spiro atoms. The van der Waals surface area contributed by atoms with Gasteiger partial charge in [0.05, 0.1) is 0 Å². The predicted octanol–water partition coefficient (Wildman–Crippen LogP) is -4.09. The number of rotatable bonds is 1. The molecule has 0 aliphatic rings. The normalized spacial score (nSPS) is 5.00. The molecule has 0 aliphatic carbocycles. The molecule has 2 nitrogen and oxygen atoms in total. The maximum absolute atomic E-state index is 4.90. The molecule has 0 fully saturated rings. The summed E-state index contributed by atoms with van der Waals surface area (Å²) in [6.07, 6.45) is 0.